The van der Waals surface area contributed by atoms with Crippen molar-refractivity contribution < 1.29 is 8.42 Å². The van der Waals surface area contributed by atoms with E-state index in [2.05, 4.69) is 4.98 Å². The zero-order chi connectivity index (χ0) is 23.0. The molecule has 33 heavy (non-hydrogen) atoms. The third kappa shape index (κ3) is 3.87. The number of sulfonamides is 1. The second kappa shape index (κ2) is 8.57. The number of aromatic amines is 1. The van der Waals surface area contributed by atoms with Gasteiger partial charge in [0, 0.05) is 12.3 Å². The van der Waals surface area contributed by atoms with Gasteiger partial charge in [-0.25, -0.2) is 17.8 Å². The van der Waals surface area contributed by atoms with Crippen LogP contribution < -0.4 is 15.6 Å². The Morgan fingerprint density at radius 2 is 1.67 bits per heavy atom. The Morgan fingerprint density at radius 1 is 0.879 bits per heavy atom. The van der Waals surface area contributed by atoms with E-state index in [4.69, 9.17) is 0 Å². The highest BCUT2D eigenvalue weighted by Crippen LogP contribution is 2.30. The van der Waals surface area contributed by atoms with E-state index >= 15 is 0 Å². The van der Waals surface area contributed by atoms with E-state index in [1.165, 1.54) is 16.4 Å². The average molecular weight is 480 g/mol. The van der Waals surface area contributed by atoms with E-state index in [1.807, 2.05) is 24.3 Å². The van der Waals surface area contributed by atoms with Crippen LogP contribution >= 0.6 is 11.8 Å². The quantitative estimate of drug-likeness (QED) is 0.487. The van der Waals surface area contributed by atoms with E-state index in [9.17, 15) is 18.0 Å². The summed E-state index contributed by atoms with van der Waals surface area (Å²) in [5, 5.41) is 0.347. The van der Waals surface area contributed by atoms with Gasteiger partial charge in [0.05, 0.1) is 27.2 Å². The van der Waals surface area contributed by atoms with Gasteiger partial charge in [-0.05, 0) is 54.1 Å². The summed E-state index contributed by atoms with van der Waals surface area (Å²) in [5.41, 5.74) is 1.15. The molecule has 0 saturated heterocycles. The predicted molar refractivity (Wildman–Crippen MR) is 132 cm³/mol. The molecule has 168 valence electrons. The van der Waals surface area contributed by atoms with Gasteiger partial charge in [-0.3, -0.25) is 9.10 Å². The fourth-order valence-electron chi connectivity index (χ4n) is 4.07. The number of thioether (sulfide) groups is 1. The molecule has 4 aromatic rings. The summed E-state index contributed by atoms with van der Waals surface area (Å²) in [4.78, 5) is 28.5. The van der Waals surface area contributed by atoms with Crippen molar-refractivity contribution in [3.05, 3.63) is 99.2 Å². The van der Waals surface area contributed by atoms with Crippen molar-refractivity contribution in [2.45, 2.75) is 11.3 Å². The molecule has 0 fully saturated rings. The summed E-state index contributed by atoms with van der Waals surface area (Å²) < 4.78 is 29.9. The van der Waals surface area contributed by atoms with Crippen molar-refractivity contribution in [1.82, 2.24) is 9.55 Å². The Hall–Kier alpha value is -3.30. The highest BCUT2D eigenvalue weighted by Gasteiger charge is 2.28. The van der Waals surface area contributed by atoms with Gasteiger partial charge >= 0.3 is 5.69 Å². The number of rotatable bonds is 3. The summed E-state index contributed by atoms with van der Waals surface area (Å²) in [5.74, 6) is 1.62. The molecule has 0 bridgehead atoms. The van der Waals surface area contributed by atoms with E-state index in [0.717, 1.165) is 22.3 Å². The first-order chi connectivity index (χ1) is 16.0. The summed E-state index contributed by atoms with van der Waals surface area (Å²) in [6, 6.07) is 20.2. The SMILES string of the molecule is O=c1[nH]c2ccccc2c(=O)n1-c1cccc(S(=O)(=O)N2CCSCCc3ccccc32)c1. The molecule has 2 heterocycles. The van der Waals surface area contributed by atoms with Crippen LogP contribution in [0.5, 0.6) is 0 Å². The van der Waals surface area contributed by atoms with Gasteiger partial charge < -0.3 is 4.98 Å². The first kappa shape index (κ1) is 21.5. The number of fused-ring (bicyclic) bond motifs is 2. The normalized spacial score (nSPS) is 14.5. The number of H-pyrrole nitrogens is 1. The molecule has 3 aromatic carbocycles. The monoisotopic (exact) mass is 479 g/mol. The molecule has 1 aliphatic rings. The molecule has 0 atom stereocenters. The van der Waals surface area contributed by atoms with Gasteiger partial charge in [0.2, 0.25) is 0 Å². The maximum Gasteiger partial charge on any atom is 0.333 e. The second-order valence-corrected chi connectivity index (χ2v) is 10.8. The zero-order valence-corrected chi connectivity index (χ0v) is 19.2. The molecule has 0 unspecified atom stereocenters. The molecule has 1 aromatic heterocycles. The van der Waals surface area contributed by atoms with Crippen molar-refractivity contribution in [2.24, 2.45) is 0 Å². The first-order valence-electron chi connectivity index (χ1n) is 10.5. The fourth-order valence-corrected chi connectivity index (χ4v) is 6.61. The number of benzene rings is 3. The number of anilines is 1. The van der Waals surface area contributed by atoms with Crippen LogP contribution in [0, 0.1) is 0 Å². The molecule has 1 aliphatic heterocycles. The molecule has 9 heteroatoms. The lowest BCUT2D eigenvalue weighted by Gasteiger charge is -2.28. The molecule has 0 radical (unpaired) electrons. The van der Waals surface area contributed by atoms with Gasteiger partial charge in [-0.1, -0.05) is 36.4 Å². The summed E-state index contributed by atoms with van der Waals surface area (Å²) in [7, 11) is -3.92. The molecule has 0 aliphatic carbocycles. The smallest absolute Gasteiger partial charge is 0.306 e. The average Bonchev–Trinajstić information content (AvgIpc) is 2.80. The molecular formula is C24H21N3O4S2. The number of nitrogens with zero attached hydrogens (tertiary/aromatic N) is 2. The molecule has 0 amide bonds. The van der Waals surface area contributed by atoms with Gasteiger partial charge in [0.25, 0.3) is 15.6 Å². The third-order valence-electron chi connectivity index (χ3n) is 5.68. The number of para-hydroxylation sites is 2. The molecule has 0 spiro atoms. The maximum absolute atomic E-state index is 13.7. The predicted octanol–water partition coefficient (Wildman–Crippen LogP) is 3.16. The molecule has 0 saturated carbocycles. The van der Waals surface area contributed by atoms with Crippen LogP contribution in [0.2, 0.25) is 0 Å². The standard InChI is InChI=1S/C24H21N3O4S2/c28-23-20-9-2-3-10-21(20)25-24(29)27(23)18-7-5-8-19(16-18)33(30,31)26-13-15-32-14-12-17-6-1-4-11-22(17)26/h1-11,16H,12-15H2,(H,25,29). The minimum atomic E-state index is -3.92. The largest absolute Gasteiger partial charge is 0.333 e. The second-order valence-electron chi connectivity index (χ2n) is 7.68. The maximum atomic E-state index is 13.7. The van der Waals surface area contributed by atoms with Crippen molar-refractivity contribution in [3.63, 3.8) is 0 Å². The van der Waals surface area contributed by atoms with Gasteiger partial charge in [-0.15, -0.1) is 0 Å². The van der Waals surface area contributed by atoms with E-state index in [1.54, 1.807) is 48.2 Å². The summed E-state index contributed by atoms with van der Waals surface area (Å²) in [6.45, 7) is 0.338. The Morgan fingerprint density at radius 3 is 2.55 bits per heavy atom. The topological polar surface area (TPSA) is 92.2 Å². The minimum absolute atomic E-state index is 0.0276. The number of aryl methyl sites for hydroxylation is 1. The highest BCUT2D eigenvalue weighted by atomic mass is 32.2. The lowest BCUT2D eigenvalue weighted by atomic mass is 10.1. The van der Waals surface area contributed by atoms with Crippen LogP contribution in [0.3, 0.4) is 0 Å². The number of hydrogen-bond donors (Lipinski definition) is 1. The molecule has 7 nitrogen and oxygen atoms in total. The van der Waals surface area contributed by atoms with Crippen molar-refractivity contribution in [2.75, 3.05) is 22.4 Å². The van der Waals surface area contributed by atoms with Crippen LogP contribution in [0.4, 0.5) is 5.69 Å². The fraction of sp³-hybridized carbons (Fsp3) is 0.167. The van der Waals surface area contributed by atoms with E-state index in [-0.39, 0.29) is 10.6 Å². The lowest BCUT2D eigenvalue weighted by molar-refractivity contribution is 0.591. The Balaban J connectivity index is 1.64. The lowest BCUT2D eigenvalue weighted by Crippen LogP contribution is -2.36. The van der Waals surface area contributed by atoms with Crippen LogP contribution in [-0.4, -0.2) is 36.0 Å². The molecule has 1 N–H and O–H groups in total. The first-order valence-corrected chi connectivity index (χ1v) is 13.1. The summed E-state index contributed by atoms with van der Waals surface area (Å²) >= 11 is 1.72. The third-order valence-corrected chi connectivity index (χ3v) is 8.46. The summed E-state index contributed by atoms with van der Waals surface area (Å²) in [6.07, 6.45) is 0.786. The minimum Gasteiger partial charge on any atom is -0.306 e. The van der Waals surface area contributed by atoms with Gasteiger partial charge in [0.15, 0.2) is 0 Å². The van der Waals surface area contributed by atoms with Crippen LogP contribution in [0.1, 0.15) is 5.56 Å². The van der Waals surface area contributed by atoms with Crippen LogP contribution in [-0.2, 0) is 16.4 Å². The highest BCUT2D eigenvalue weighted by molar-refractivity contribution is 7.99. The Labute approximate surface area is 194 Å². The molecular weight excluding hydrogens is 458 g/mol. The molecule has 5 rings (SSSR count). The van der Waals surface area contributed by atoms with Crippen molar-refractivity contribution >= 4 is 38.4 Å². The number of nitrogens with one attached hydrogen (secondary N) is 1. The Bertz CT molecular complexity index is 1570. The van der Waals surface area contributed by atoms with Crippen LogP contribution in [0.15, 0.2) is 87.3 Å². The van der Waals surface area contributed by atoms with E-state index < -0.39 is 21.3 Å². The van der Waals surface area contributed by atoms with Gasteiger partial charge in [0.1, 0.15) is 0 Å². The van der Waals surface area contributed by atoms with Crippen molar-refractivity contribution in [1.29, 1.82) is 0 Å². The number of hydrogen-bond acceptors (Lipinski definition) is 5. The number of aromatic nitrogens is 2. The Kier molecular flexibility index (Phi) is 5.59. The van der Waals surface area contributed by atoms with Crippen LogP contribution in [0.25, 0.3) is 16.6 Å². The van der Waals surface area contributed by atoms with Crippen molar-refractivity contribution in [3.8, 4) is 5.69 Å². The van der Waals surface area contributed by atoms with E-state index in [0.29, 0.717) is 28.9 Å². The van der Waals surface area contributed by atoms with Gasteiger partial charge in [-0.2, -0.15) is 11.8 Å². The zero-order valence-electron chi connectivity index (χ0n) is 17.6.